The van der Waals surface area contributed by atoms with Gasteiger partial charge in [-0.1, -0.05) is 12.1 Å². The Morgan fingerprint density at radius 1 is 0.962 bits per heavy atom. The van der Waals surface area contributed by atoms with E-state index in [1.165, 1.54) is 31.3 Å². The molecule has 0 radical (unpaired) electrons. The fourth-order valence-corrected chi connectivity index (χ4v) is 2.30. The molecule has 0 fully saturated rings. The Morgan fingerprint density at radius 2 is 1.62 bits per heavy atom. The molecule has 3 N–H and O–H groups in total. The van der Waals surface area contributed by atoms with E-state index in [1.807, 2.05) is 0 Å². The first kappa shape index (κ1) is 18.6. The maximum absolute atomic E-state index is 11.9. The normalized spacial score (nSPS) is 10.0. The Morgan fingerprint density at radius 3 is 2.23 bits per heavy atom. The van der Waals surface area contributed by atoms with E-state index < -0.39 is 15.8 Å². The lowest BCUT2D eigenvalue weighted by Gasteiger charge is -2.12. The van der Waals surface area contributed by atoms with Gasteiger partial charge in [0.15, 0.2) is 0 Å². The summed E-state index contributed by atoms with van der Waals surface area (Å²) in [6.07, 6.45) is 0. The third-order valence-corrected chi connectivity index (χ3v) is 3.54. The number of anilines is 2. The highest BCUT2D eigenvalue weighted by molar-refractivity contribution is 6.00. The average Bonchev–Trinajstić information content (AvgIpc) is 2.64. The molecule has 2 aromatic rings. The summed E-state index contributed by atoms with van der Waals surface area (Å²) < 4.78 is 0. The molecule has 0 aromatic heterocycles. The molecule has 0 saturated carbocycles. The Kier molecular flexibility index (Phi) is 6.04. The molecule has 0 aliphatic rings. The van der Waals surface area contributed by atoms with Crippen LogP contribution in [0.4, 0.5) is 22.7 Å². The van der Waals surface area contributed by atoms with Gasteiger partial charge in [-0.25, -0.2) is 0 Å². The van der Waals surface area contributed by atoms with Gasteiger partial charge in [0, 0.05) is 44.0 Å². The first-order valence-corrected chi connectivity index (χ1v) is 7.65. The van der Waals surface area contributed by atoms with Crippen LogP contribution in [0.25, 0.3) is 0 Å². The number of benzene rings is 2. The van der Waals surface area contributed by atoms with E-state index in [4.69, 9.17) is 0 Å². The maximum Gasteiger partial charge on any atom is 0.292 e. The molecule has 0 atom stereocenters. The maximum atomic E-state index is 11.9. The largest absolute Gasteiger partial charge is 0.383 e. The minimum atomic E-state index is -0.577. The summed E-state index contributed by atoms with van der Waals surface area (Å²) in [7, 11) is 1.43. The van der Waals surface area contributed by atoms with Crippen molar-refractivity contribution in [2.75, 3.05) is 30.8 Å². The standard InChI is InChI=1S/C16H17N5O5/c1-17-16(22)12-10-11(20(23)24)6-7-13(12)18-8-9-19-14-4-2-3-5-15(14)21(25)26/h2-7,10,18-19H,8-9H2,1H3,(H,17,22). The molecule has 0 heterocycles. The van der Waals surface area contributed by atoms with Gasteiger partial charge >= 0.3 is 0 Å². The first-order valence-electron chi connectivity index (χ1n) is 7.65. The number of carbonyl (C=O) groups excluding carboxylic acids is 1. The van der Waals surface area contributed by atoms with Crippen molar-refractivity contribution in [2.24, 2.45) is 0 Å². The molecule has 0 aliphatic carbocycles. The van der Waals surface area contributed by atoms with Crippen LogP contribution in [0.3, 0.4) is 0 Å². The molecule has 10 nitrogen and oxygen atoms in total. The summed E-state index contributed by atoms with van der Waals surface area (Å²) in [6.45, 7) is 0.683. The van der Waals surface area contributed by atoms with Gasteiger partial charge in [0.05, 0.1) is 15.4 Å². The van der Waals surface area contributed by atoms with Gasteiger partial charge in [-0.2, -0.15) is 0 Å². The number of nitrogens with zero attached hydrogens (tertiary/aromatic N) is 2. The van der Waals surface area contributed by atoms with E-state index >= 15 is 0 Å². The highest BCUT2D eigenvalue weighted by atomic mass is 16.6. The summed E-state index contributed by atoms with van der Waals surface area (Å²) >= 11 is 0. The number of hydrogen-bond donors (Lipinski definition) is 3. The molecule has 26 heavy (non-hydrogen) atoms. The Bertz CT molecular complexity index is 840. The molecular formula is C16H17N5O5. The quantitative estimate of drug-likeness (QED) is 0.373. The molecule has 10 heteroatoms. The molecule has 2 rings (SSSR count). The zero-order valence-corrected chi connectivity index (χ0v) is 13.9. The van der Waals surface area contributed by atoms with Gasteiger partial charge in [0.2, 0.25) is 0 Å². The van der Waals surface area contributed by atoms with Gasteiger partial charge in [0.1, 0.15) is 5.69 Å². The van der Waals surface area contributed by atoms with E-state index in [2.05, 4.69) is 16.0 Å². The third kappa shape index (κ3) is 4.44. The van der Waals surface area contributed by atoms with Crippen LogP contribution >= 0.6 is 0 Å². The van der Waals surface area contributed by atoms with Gasteiger partial charge in [0.25, 0.3) is 17.3 Å². The Hall–Kier alpha value is -3.69. The van der Waals surface area contributed by atoms with E-state index in [1.54, 1.807) is 18.2 Å². The van der Waals surface area contributed by atoms with Crippen molar-refractivity contribution in [3.05, 3.63) is 68.3 Å². The third-order valence-electron chi connectivity index (χ3n) is 3.54. The van der Waals surface area contributed by atoms with Crippen molar-refractivity contribution < 1.29 is 14.6 Å². The molecule has 0 spiro atoms. The fourth-order valence-electron chi connectivity index (χ4n) is 2.30. The second-order valence-corrected chi connectivity index (χ2v) is 5.19. The molecule has 1 amide bonds. The zero-order valence-electron chi connectivity index (χ0n) is 13.9. The second kappa shape index (κ2) is 8.42. The van der Waals surface area contributed by atoms with Gasteiger partial charge in [-0.05, 0) is 12.1 Å². The highest BCUT2D eigenvalue weighted by Gasteiger charge is 2.16. The molecule has 0 saturated heterocycles. The lowest BCUT2D eigenvalue weighted by Crippen LogP contribution is -2.21. The number of carbonyl (C=O) groups is 1. The number of amides is 1. The van der Waals surface area contributed by atoms with Crippen molar-refractivity contribution in [1.82, 2.24) is 5.32 Å². The zero-order chi connectivity index (χ0) is 19.1. The van der Waals surface area contributed by atoms with Crippen LogP contribution in [0.15, 0.2) is 42.5 Å². The van der Waals surface area contributed by atoms with Crippen LogP contribution in [0.2, 0.25) is 0 Å². The van der Waals surface area contributed by atoms with E-state index in [9.17, 15) is 25.0 Å². The number of non-ortho nitro benzene ring substituents is 1. The predicted octanol–water partition coefficient (Wildman–Crippen LogP) is 2.39. The van der Waals surface area contributed by atoms with E-state index in [0.29, 0.717) is 24.5 Å². The van der Waals surface area contributed by atoms with Crippen molar-refractivity contribution >= 4 is 28.7 Å². The van der Waals surface area contributed by atoms with Crippen LogP contribution < -0.4 is 16.0 Å². The summed E-state index contributed by atoms with van der Waals surface area (Å²) in [4.78, 5) is 32.7. The summed E-state index contributed by atoms with van der Waals surface area (Å²) in [6, 6.07) is 10.2. The Labute approximate surface area is 148 Å². The second-order valence-electron chi connectivity index (χ2n) is 5.19. The number of nitro groups is 2. The molecule has 0 bridgehead atoms. The SMILES string of the molecule is CNC(=O)c1cc([N+](=O)[O-])ccc1NCCNc1ccccc1[N+](=O)[O-]. The van der Waals surface area contributed by atoms with Crippen LogP contribution in [0, 0.1) is 20.2 Å². The summed E-state index contributed by atoms with van der Waals surface area (Å²) in [5, 5.41) is 30.2. The van der Waals surface area contributed by atoms with Crippen molar-refractivity contribution in [1.29, 1.82) is 0 Å². The Balaban J connectivity index is 2.05. The van der Waals surface area contributed by atoms with Crippen molar-refractivity contribution in [3.63, 3.8) is 0 Å². The minimum absolute atomic E-state index is 0.0334. The van der Waals surface area contributed by atoms with Crippen LogP contribution in [0.5, 0.6) is 0 Å². The molecule has 136 valence electrons. The lowest BCUT2D eigenvalue weighted by molar-refractivity contribution is -0.384. The monoisotopic (exact) mass is 359 g/mol. The first-order chi connectivity index (χ1) is 12.4. The van der Waals surface area contributed by atoms with Crippen LogP contribution in [-0.4, -0.2) is 35.9 Å². The van der Waals surface area contributed by atoms with Gasteiger partial charge in [-0.3, -0.25) is 25.0 Å². The smallest absolute Gasteiger partial charge is 0.292 e. The van der Waals surface area contributed by atoms with E-state index in [0.717, 1.165) is 0 Å². The topological polar surface area (TPSA) is 139 Å². The number of hydrogen-bond acceptors (Lipinski definition) is 7. The highest BCUT2D eigenvalue weighted by Crippen LogP contribution is 2.24. The summed E-state index contributed by atoms with van der Waals surface area (Å²) in [5.74, 6) is -0.456. The van der Waals surface area contributed by atoms with Crippen molar-refractivity contribution in [2.45, 2.75) is 0 Å². The van der Waals surface area contributed by atoms with Gasteiger partial charge in [-0.15, -0.1) is 0 Å². The van der Waals surface area contributed by atoms with Crippen molar-refractivity contribution in [3.8, 4) is 0 Å². The number of para-hydroxylation sites is 2. The minimum Gasteiger partial charge on any atom is -0.383 e. The molecular weight excluding hydrogens is 342 g/mol. The predicted molar refractivity (Wildman–Crippen MR) is 96.6 cm³/mol. The average molecular weight is 359 g/mol. The van der Waals surface area contributed by atoms with Crippen LogP contribution in [0.1, 0.15) is 10.4 Å². The molecule has 0 aliphatic heterocycles. The lowest BCUT2D eigenvalue weighted by atomic mass is 10.1. The molecule has 0 unspecified atom stereocenters. The number of nitro benzene ring substituents is 2. The summed E-state index contributed by atoms with van der Waals surface area (Å²) in [5.41, 5.74) is 0.738. The fraction of sp³-hybridized carbons (Fsp3) is 0.188. The number of nitrogens with one attached hydrogen (secondary N) is 3. The molecule has 2 aromatic carbocycles. The number of rotatable bonds is 8. The van der Waals surface area contributed by atoms with E-state index in [-0.39, 0.29) is 16.9 Å². The van der Waals surface area contributed by atoms with Crippen LogP contribution in [-0.2, 0) is 0 Å². The van der Waals surface area contributed by atoms with Gasteiger partial charge < -0.3 is 16.0 Å².